The van der Waals surface area contributed by atoms with Crippen LogP contribution in [0.25, 0.3) is 0 Å². The van der Waals surface area contributed by atoms with E-state index in [1.165, 1.54) is 36.1 Å². The van der Waals surface area contributed by atoms with E-state index in [0.717, 1.165) is 5.92 Å². The van der Waals surface area contributed by atoms with Crippen LogP contribution in [0.3, 0.4) is 0 Å². The fraction of sp³-hybridized carbons (Fsp3) is 0.733. The van der Waals surface area contributed by atoms with Crippen LogP contribution in [-0.2, 0) is 0 Å². The van der Waals surface area contributed by atoms with E-state index >= 15 is 0 Å². The topological polar surface area (TPSA) is 41.3 Å². The molecule has 0 amide bonds. The molecule has 0 aromatic carbocycles. The first-order chi connectivity index (χ1) is 9.01. The van der Waals surface area contributed by atoms with E-state index in [1.807, 2.05) is 11.3 Å². The molecule has 4 heteroatoms. The minimum Gasteiger partial charge on any atom is -0.302 e. The summed E-state index contributed by atoms with van der Waals surface area (Å²) in [7, 11) is 4.39. The van der Waals surface area contributed by atoms with Gasteiger partial charge in [0.05, 0.1) is 6.04 Å². The molecule has 3 nitrogen and oxygen atoms in total. The second-order valence-corrected chi connectivity index (χ2v) is 7.33. The molecule has 0 bridgehead atoms. The third-order valence-corrected chi connectivity index (χ3v) is 5.81. The molecule has 1 unspecified atom stereocenters. The zero-order valence-corrected chi connectivity index (χ0v) is 13.4. The zero-order chi connectivity index (χ0) is 14.0. The first kappa shape index (κ1) is 15.0. The van der Waals surface area contributed by atoms with Crippen LogP contribution in [-0.4, -0.2) is 24.5 Å². The Balaban J connectivity index is 2.34. The van der Waals surface area contributed by atoms with Crippen molar-refractivity contribution in [3.63, 3.8) is 0 Å². The van der Waals surface area contributed by atoms with Crippen LogP contribution in [0.1, 0.15) is 49.1 Å². The normalized spacial score (nSPS) is 29.7. The quantitative estimate of drug-likeness (QED) is 0.658. The van der Waals surface area contributed by atoms with Crippen molar-refractivity contribution in [3.05, 3.63) is 21.9 Å². The third-order valence-electron chi connectivity index (χ3n) is 4.94. The smallest absolute Gasteiger partial charge is 0.0654 e. The summed E-state index contributed by atoms with van der Waals surface area (Å²) in [4.78, 5) is 3.77. The summed E-state index contributed by atoms with van der Waals surface area (Å²) >= 11 is 1.81. The van der Waals surface area contributed by atoms with Crippen molar-refractivity contribution in [2.75, 3.05) is 14.1 Å². The molecule has 1 aromatic rings. The van der Waals surface area contributed by atoms with Crippen LogP contribution < -0.4 is 11.3 Å². The number of aryl methyl sites for hydroxylation is 1. The van der Waals surface area contributed by atoms with Crippen molar-refractivity contribution < 1.29 is 0 Å². The van der Waals surface area contributed by atoms with Crippen LogP contribution in [0.2, 0.25) is 0 Å². The molecule has 19 heavy (non-hydrogen) atoms. The minimum absolute atomic E-state index is 0.146. The maximum Gasteiger partial charge on any atom is 0.0654 e. The second-order valence-electron chi connectivity index (χ2n) is 6.21. The molecule has 1 atom stereocenters. The molecular weight excluding hydrogens is 254 g/mol. The maximum atomic E-state index is 5.95. The average molecular weight is 281 g/mol. The molecule has 1 aliphatic rings. The Morgan fingerprint density at radius 3 is 2.47 bits per heavy atom. The van der Waals surface area contributed by atoms with Gasteiger partial charge in [-0.3, -0.25) is 11.3 Å². The van der Waals surface area contributed by atoms with Crippen molar-refractivity contribution in [2.45, 2.75) is 51.1 Å². The molecule has 108 valence electrons. The molecule has 1 aliphatic carbocycles. The highest BCUT2D eigenvalue weighted by Crippen LogP contribution is 2.44. The van der Waals surface area contributed by atoms with Gasteiger partial charge in [-0.1, -0.05) is 6.92 Å². The Labute approximate surface area is 121 Å². The minimum atomic E-state index is 0.146. The van der Waals surface area contributed by atoms with Gasteiger partial charge in [0.1, 0.15) is 0 Å². The lowest BCUT2D eigenvalue weighted by atomic mass is 9.70. The van der Waals surface area contributed by atoms with Gasteiger partial charge in [-0.25, -0.2) is 0 Å². The SMILES string of the molecule is Cc1sccc1C(NN)C1(N(C)C)CCC(C)CC1. The summed E-state index contributed by atoms with van der Waals surface area (Å²) in [6.07, 6.45) is 5.01. The highest BCUT2D eigenvalue weighted by atomic mass is 32.1. The number of nitrogens with two attached hydrogens (primary N) is 1. The summed E-state index contributed by atoms with van der Waals surface area (Å²) in [5, 5.41) is 2.17. The van der Waals surface area contributed by atoms with Crippen molar-refractivity contribution >= 4 is 11.3 Å². The number of hydrazine groups is 1. The summed E-state index contributed by atoms with van der Waals surface area (Å²) in [6, 6.07) is 2.45. The molecule has 0 spiro atoms. The Morgan fingerprint density at radius 1 is 1.42 bits per heavy atom. The summed E-state index contributed by atoms with van der Waals surface area (Å²) in [6.45, 7) is 4.56. The van der Waals surface area contributed by atoms with Crippen LogP contribution in [0, 0.1) is 12.8 Å². The predicted octanol–water partition coefficient (Wildman–Crippen LogP) is 3.07. The molecule has 1 heterocycles. The second kappa shape index (κ2) is 5.92. The van der Waals surface area contributed by atoms with Gasteiger partial charge in [0.25, 0.3) is 0 Å². The zero-order valence-electron chi connectivity index (χ0n) is 12.6. The van der Waals surface area contributed by atoms with Crippen molar-refractivity contribution in [2.24, 2.45) is 11.8 Å². The number of hydrogen-bond acceptors (Lipinski definition) is 4. The third kappa shape index (κ3) is 2.72. The number of nitrogens with one attached hydrogen (secondary N) is 1. The van der Waals surface area contributed by atoms with Gasteiger partial charge in [-0.15, -0.1) is 11.3 Å². The number of nitrogens with zero attached hydrogens (tertiary/aromatic N) is 1. The van der Waals surface area contributed by atoms with E-state index in [-0.39, 0.29) is 11.6 Å². The molecule has 0 aliphatic heterocycles. The van der Waals surface area contributed by atoms with Crippen LogP contribution in [0.4, 0.5) is 0 Å². The molecule has 0 saturated heterocycles. The summed E-state index contributed by atoms with van der Waals surface area (Å²) in [5.74, 6) is 6.79. The Kier molecular flexibility index (Phi) is 4.66. The van der Waals surface area contributed by atoms with Crippen LogP contribution in [0.15, 0.2) is 11.4 Å². The van der Waals surface area contributed by atoms with E-state index in [2.05, 4.69) is 49.7 Å². The fourth-order valence-electron chi connectivity index (χ4n) is 3.48. The first-order valence-electron chi connectivity index (χ1n) is 7.19. The standard InChI is InChI=1S/C15H27N3S/c1-11-5-8-15(9-6-11,18(3)4)14(17-16)13-7-10-19-12(13)2/h7,10-11,14,17H,5-6,8-9,16H2,1-4H3. The van der Waals surface area contributed by atoms with E-state index in [9.17, 15) is 0 Å². The molecule has 2 rings (SSSR count). The van der Waals surface area contributed by atoms with Gasteiger partial charge in [-0.2, -0.15) is 0 Å². The predicted molar refractivity (Wildman–Crippen MR) is 83.2 cm³/mol. The molecular formula is C15H27N3S. The Morgan fingerprint density at radius 2 is 2.05 bits per heavy atom. The summed E-state index contributed by atoms with van der Waals surface area (Å²) in [5.41, 5.74) is 4.63. The van der Waals surface area contributed by atoms with E-state index < -0.39 is 0 Å². The van der Waals surface area contributed by atoms with E-state index in [4.69, 9.17) is 5.84 Å². The van der Waals surface area contributed by atoms with Crippen LogP contribution in [0.5, 0.6) is 0 Å². The van der Waals surface area contributed by atoms with Crippen LogP contribution >= 0.6 is 11.3 Å². The Bertz CT molecular complexity index is 405. The van der Waals surface area contributed by atoms with Gasteiger partial charge in [0.15, 0.2) is 0 Å². The first-order valence-corrected chi connectivity index (χ1v) is 8.07. The molecule has 1 saturated carbocycles. The lowest BCUT2D eigenvalue weighted by Crippen LogP contribution is -2.56. The monoisotopic (exact) mass is 281 g/mol. The average Bonchev–Trinajstić information content (AvgIpc) is 2.79. The van der Waals surface area contributed by atoms with E-state index in [1.54, 1.807) is 0 Å². The van der Waals surface area contributed by atoms with Gasteiger partial charge >= 0.3 is 0 Å². The lowest BCUT2D eigenvalue weighted by Gasteiger charge is -2.49. The molecule has 1 aromatic heterocycles. The number of likely N-dealkylation sites (N-methyl/N-ethyl adjacent to an activating group) is 1. The molecule has 0 radical (unpaired) electrons. The summed E-state index contributed by atoms with van der Waals surface area (Å²) < 4.78 is 0. The van der Waals surface area contributed by atoms with Gasteiger partial charge in [0, 0.05) is 10.4 Å². The lowest BCUT2D eigenvalue weighted by molar-refractivity contribution is 0.0428. The van der Waals surface area contributed by atoms with Gasteiger partial charge in [0.2, 0.25) is 0 Å². The maximum absolute atomic E-state index is 5.95. The van der Waals surface area contributed by atoms with Crippen molar-refractivity contribution in [1.29, 1.82) is 0 Å². The largest absolute Gasteiger partial charge is 0.302 e. The number of thiophene rings is 1. The van der Waals surface area contributed by atoms with E-state index in [0.29, 0.717) is 0 Å². The number of hydrogen-bond donors (Lipinski definition) is 2. The highest BCUT2D eigenvalue weighted by Gasteiger charge is 2.44. The van der Waals surface area contributed by atoms with Gasteiger partial charge in [-0.05, 0) is 69.6 Å². The van der Waals surface area contributed by atoms with Crippen molar-refractivity contribution in [3.8, 4) is 0 Å². The number of rotatable bonds is 4. The Hall–Kier alpha value is -0.420. The molecule has 3 N–H and O–H groups in total. The van der Waals surface area contributed by atoms with Crippen molar-refractivity contribution in [1.82, 2.24) is 10.3 Å². The van der Waals surface area contributed by atoms with Gasteiger partial charge < -0.3 is 4.90 Å². The molecule has 1 fully saturated rings. The fourth-order valence-corrected chi connectivity index (χ4v) is 4.23. The highest BCUT2D eigenvalue weighted by molar-refractivity contribution is 7.10.